The summed E-state index contributed by atoms with van der Waals surface area (Å²) in [5, 5.41) is 0. The number of quaternary nitrogens is 1. The fourth-order valence-corrected chi connectivity index (χ4v) is 2.38. The van der Waals surface area contributed by atoms with Crippen LogP contribution in [0, 0.1) is 0 Å². The highest BCUT2D eigenvalue weighted by molar-refractivity contribution is 4.91. The van der Waals surface area contributed by atoms with Gasteiger partial charge in [0.1, 0.15) is 12.1 Å². The van der Waals surface area contributed by atoms with Crippen LogP contribution in [0.15, 0.2) is 0 Å². The Morgan fingerprint density at radius 3 is 2.56 bits per heavy atom. The Morgan fingerprint density at radius 2 is 2.11 bits per heavy atom. The average molecular weight is 126 g/mol. The SMILES string of the molecule is CC12CCCC[N+]1(C)C2. The summed E-state index contributed by atoms with van der Waals surface area (Å²) < 4.78 is 1.38. The summed E-state index contributed by atoms with van der Waals surface area (Å²) >= 11 is 0. The molecule has 0 bridgehead atoms. The summed E-state index contributed by atoms with van der Waals surface area (Å²) in [6, 6.07) is 0. The number of nitrogens with zero attached hydrogens (tertiary/aromatic N) is 1. The van der Waals surface area contributed by atoms with E-state index in [4.69, 9.17) is 0 Å². The summed E-state index contributed by atoms with van der Waals surface area (Å²) in [6.07, 6.45) is 4.42. The Bertz CT molecular complexity index is 120. The highest BCUT2D eigenvalue weighted by atomic mass is 15.5. The molecule has 0 radical (unpaired) electrons. The van der Waals surface area contributed by atoms with Crippen LogP contribution in [0.4, 0.5) is 0 Å². The molecule has 2 rings (SSSR count). The molecule has 0 spiro atoms. The van der Waals surface area contributed by atoms with Gasteiger partial charge in [0.25, 0.3) is 0 Å². The molecule has 0 N–H and O–H groups in total. The summed E-state index contributed by atoms with van der Waals surface area (Å²) in [5.74, 6) is 0. The Hall–Kier alpha value is -0.0400. The van der Waals surface area contributed by atoms with Crippen LogP contribution in [0.3, 0.4) is 0 Å². The fourth-order valence-electron chi connectivity index (χ4n) is 2.38. The molecule has 2 aliphatic rings. The molecular weight excluding hydrogens is 110 g/mol. The lowest BCUT2D eigenvalue weighted by Gasteiger charge is -2.24. The van der Waals surface area contributed by atoms with E-state index >= 15 is 0 Å². The van der Waals surface area contributed by atoms with Crippen molar-refractivity contribution in [2.24, 2.45) is 0 Å². The second-order valence-electron chi connectivity index (χ2n) is 4.23. The minimum absolute atomic E-state index is 0.720. The third kappa shape index (κ3) is 0.586. The highest BCUT2D eigenvalue weighted by Crippen LogP contribution is 2.47. The van der Waals surface area contributed by atoms with Gasteiger partial charge in [-0.2, -0.15) is 0 Å². The van der Waals surface area contributed by atoms with E-state index in [1.54, 1.807) is 0 Å². The van der Waals surface area contributed by atoms with E-state index in [1.807, 2.05) is 0 Å². The lowest BCUT2D eigenvalue weighted by atomic mass is 10.0. The molecule has 0 aromatic rings. The van der Waals surface area contributed by atoms with E-state index in [2.05, 4.69) is 14.0 Å². The summed E-state index contributed by atoms with van der Waals surface area (Å²) in [4.78, 5) is 0. The predicted octanol–water partition coefficient (Wildman–Crippen LogP) is 1.39. The normalized spacial score (nSPS) is 56.7. The molecule has 2 saturated heterocycles. The first kappa shape index (κ1) is 5.72. The molecule has 9 heavy (non-hydrogen) atoms. The average Bonchev–Trinajstić information content (AvgIpc) is 2.33. The van der Waals surface area contributed by atoms with E-state index in [1.165, 1.54) is 36.8 Å². The minimum Gasteiger partial charge on any atom is -0.312 e. The first-order chi connectivity index (χ1) is 4.16. The number of fused-ring (bicyclic) bond motifs is 1. The van der Waals surface area contributed by atoms with Crippen LogP contribution in [0.5, 0.6) is 0 Å². The van der Waals surface area contributed by atoms with Crippen LogP contribution < -0.4 is 0 Å². The lowest BCUT2D eigenvalue weighted by Crippen LogP contribution is -2.34. The van der Waals surface area contributed by atoms with Gasteiger partial charge >= 0.3 is 0 Å². The molecule has 0 aliphatic carbocycles. The minimum atomic E-state index is 0.720. The molecule has 2 unspecified atom stereocenters. The van der Waals surface area contributed by atoms with E-state index in [-0.39, 0.29) is 0 Å². The number of piperidine rings is 1. The topological polar surface area (TPSA) is 0 Å². The van der Waals surface area contributed by atoms with E-state index in [9.17, 15) is 0 Å². The maximum atomic E-state index is 2.44. The molecule has 2 heterocycles. The van der Waals surface area contributed by atoms with Crippen molar-refractivity contribution in [1.29, 1.82) is 0 Å². The van der Waals surface area contributed by atoms with Crippen LogP contribution in [-0.2, 0) is 0 Å². The second-order valence-corrected chi connectivity index (χ2v) is 4.23. The van der Waals surface area contributed by atoms with Gasteiger partial charge in [0.2, 0.25) is 0 Å². The van der Waals surface area contributed by atoms with Gasteiger partial charge in [0.15, 0.2) is 0 Å². The molecule has 52 valence electrons. The molecular formula is C8H16N+. The predicted molar refractivity (Wildman–Crippen MR) is 38.2 cm³/mol. The number of rotatable bonds is 0. The van der Waals surface area contributed by atoms with Crippen molar-refractivity contribution >= 4 is 0 Å². The van der Waals surface area contributed by atoms with Gasteiger partial charge in [-0.05, 0) is 19.8 Å². The summed E-state index contributed by atoms with van der Waals surface area (Å²) in [6.45, 7) is 5.33. The quantitative estimate of drug-likeness (QED) is 0.340. The van der Waals surface area contributed by atoms with Gasteiger partial charge in [0.05, 0.1) is 13.6 Å². The van der Waals surface area contributed by atoms with Gasteiger partial charge in [-0.15, -0.1) is 0 Å². The van der Waals surface area contributed by atoms with E-state index in [0.29, 0.717) is 0 Å². The molecule has 1 nitrogen and oxygen atoms in total. The Labute approximate surface area is 57.3 Å². The number of likely N-dealkylation sites (N-methyl/N-ethyl adjacent to an activating group) is 1. The van der Waals surface area contributed by atoms with E-state index in [0.717, 1.165) is 5.54 Å². The zero-order valence-electron chi connectivity index (χ0n) is 6.48. The Kier molecular flexibility index (Phi) is 0.852. The van der Waals surface area contributed by atoms with Crippen LogP contribution in [-0.4, -0.2) is 30.2 Å². The molecule has 0 aromatic heterocycles. The van der Waals surface area contributed by atoms with Crippen LogP contribution in [0.1, 0.15) is 26.2 Å². The fraction of sp³-hybridized carbons (Fsp3) is 1.00. The maximum Gasteiger partial charge on any atom is 0.146 e. The van der Waals surface area contributed by atoms with Gasteiger partial charge in [-0.1, -0.05) is 0 Å². The Morgan fingerprint density at radius 1 is 1.33 bits per heavy atom. The van der Waals surface area contributed by atoms with Crippen molar-refractivity contribution < 1.29 is 4.48 Å². The molecule has 2 atom stereocenters. The molecule has 0 aromatic carbocycles. The Balaban J connectivity index is 2.15. The standard InChI is InChI=1S/C8H16N/c1-8-5-3-4-6-9(8,2)7-8/h3-7H2,1-2H3/q+1. The van der Waals surface area contributed by atoms with Gasteiger partial charge in [-0.3, -0.25) is 0 Å². The molecule has 2 fully saturated rings. The highest BCUT2D eigenvalue weighted by Gasteiger charge is 2.63. The van der Waals surface area contributed by atoms with Crippen molar-refractivity contribution in [3.63, 3.8) is 0 Å². The largest absolute Gasteiger partial charge is 0.312 e. The summed E-state index contributed by atoms with van der Waals surface area (Å²) in [7, 11) is 2.40. The van der Waals surface area contributed by atoms with Crippen molar-refractivity contribution in [3.05, 3.63) is 0 Å². The maximum absolute atomic E-state index is 2.44. The van der Waals surface area contributed by atoms with Crippen molar-refractivity contribution in [2.45, 2.75) is 31.7 Å². The first-order valence-electron chi connectivity index (χ1n) is 4.01. The van der Waals surface area contributed by atoms with Crippen LogP contribution in [0.25, 0.3) is 0 Å². The lowest BCUT2D eigenvalue weighted by molar-refractivity contribution is -0.812. The summed E-state index contributed by atoms with van der Waals surface area (Å²) in [5.41, 5.74) is 0.720. The number of hydrogen-bond donors (Lipinski definition) is 0. The van der Waals surface area contributed by atoms with Gasteiger partial charge < -0.3 is 4.48 Å². The third-order valence-electron chi connectivity index (χ3n) is 3.51. The monoisotopic (exact) mass is 126 g/mol. The first-order valence-corrected chi connectivity index (χ1v) is 4.01. The van der Waals surface area contributed by atoms with Crippen molar-refractivity contribution in [3.8, 4) is 0 Å². The molecule has 2 aliphatic heterocycles. The van der Waals surface area contributed by atoms with Crippen LogP contribution in [0.2, 0.25) is 0 Å². The smallest absolute Gasteiger partial charge is 0.146 e. The molecule has 1 heteroatoms. The molecule has 0 saturated carbocycles. The van der Waals surface area contributed by atoms with Crippen molar-refractivity contribution in [1.82, 2.24) is 0 Å². The van der Waals surface area contributed by atoms with Gasteiger partial charge in [0, 0.05) is 6.42 Å². The zero-order chi connectivity index (χ0) is 6.54. The third-order valence-corrected chi connectivity index (χ3v) is 3.51. The second kappa shape index (κ2) is 1.34. The zero-order valence-corrected chi connectivity index (χ0v) is 6.48. The number of hydrogen-bond acceptors (Lipinski definition) is 0. The van der Waals surface area contributed by atoms with Gasteiger partial charge in [-0.25, -0.2) is 0 Å². The van der Waals surface area contributed by atoms with E-state index < -0.39 is 0 Å². The van der Waals surface area contributed by atoms with Crippen LogP contribution >= 0.6 is 0 Å². The van der Waals surface area contributed by atoms with Crippen molar-refractivity contribution in [2.75, 3.05) is 20.1 Å². The molecule has 0 amide bonds.